The van der Waals surface area contributed by atoms with Gasteiger partial charge in [0.15, 0.2) is 0 Å². The van der Waals surface area contributed by atoms with Crippen molar-refractivity contribution in [3.8, 4) is 10.6 Å². The van der Waals surface area contributed by atoms with Crippen LogP contribution in [0.5, 0.6) is 0 Å². The molecule has 0 amide bonds. The predicted molar refractivity (Wildman–Crippen MR) is 97.5 cm³/mol. The second-order valence-electron chi connectivity index (χ2n) is 4.83. The Labute approximate surface area is 144 Å². The zero-order chi connectivity index (χ0) is 15.1. The standard InChI is InChI=1S/C15H13Br2N3S/c1-18-8-4-5-9-14(12(8)16)21-15-10(19-9)6-7-11(13(15)17)20(2)3/h4-7H,1-3H3. The average Bonchev–Trinajstić information content (AvgIpc) is 2.46. The number of anilines is 1. The average molecular weight is 427 g/mol. The quantitative estimate of drug-likeness (QED) is 0.535. The summed E-state index contributed by atoms with van der Waals surface area (Å²) in [5.74, 6) is 0. The molecule has 0 aromatic heterocycles. The van der Waals surface area contributed by atoms with Gasteiger partial charge in [-0.3, -0.25) is 4.99 Å². The van der Waals surface area contributed by atoms with E-state index in [1.807, 2.05) is 26.2 Å². The molecule has 3 nitrogen and oxygen atoms in total. The topological polar surface area (TPSA) is 28.5 Å². The molecule has 0 saturated carbocycles. The SMILES string of the molecule is CN=c1ccc2nc3ccc(N(C)C)c(Br)c3sc-2c1Br. The molecule has 3 rings (SSSR count). The number of benzene rings is 2. The number of nitrogens with zero attached hydrogens (tertiary/aromatic N) is 3. The minimum Gasteiger partial charge on any atom is -0.377 e. The molecule has 1 aromatic rings. The van der Waals surface area contributed by atoms with E-state index in [2.05, 4.69) is 53.9 Å². The number of rotatable bonds is 1. The number of hydrogen-bond acceptors (Lipinski definition) is 4. The minimum atomic E-state index is 0.944. The van der Waals surface area contributed by atoms with Crippen molar-refractivity contribution < 1.29 is 0 Å². The molecule has 1 heterocycles. The Kier molecular flexibility index (Phi) is 4.03. The van der Waals surface area contributed by atoms with Crippen LogP contribution in [0.3, 0.4) is 0 Å². The van der Waals surface area contributed by atoms with Crippen molar-refractivity contribution in [3.05, 3.63) is 38.6 Å². The van der Waals surface area contributed by atoms with Crippen molar-refractivity contribution in [2.45, 2.75) is 0 Å². The molecular weight excluding hydrogens is 414 g/mol. The van der Waals surface area contributed by atoms with E-state index in [0.717, 1.165) is 40.8 Å². The lowest BCUT2D eigenvalue weighted by atomic mass is 10.2. The zero-order valence-electron chi connectivity index (χ0n) is 11.8. The minimum absolute atomic E-state index is 0.944. The van der Waals surface area contributed by atoms with Gasteiger partial charge >= 0.3 is 0 Å². The Morgan fingerprint density at radius 1 is 1.10 bits per heavy atom. The lowest BCUT2D eigenvalue weighted by Crippen LogP contribution is -2.09. The van der Waals surface area contributed by atoms with Crippen LogP contribution < -0.4 is 10.3 Å². The second kappa shape index (κ2) is 5.66. The fourth-order valence-corrected chi connectivity index (χ4v) is 4.91. The molecule has 0 unspecified atom stereocenters. The fourth-order valence-electron chi connectivity index (χ4n) is 2.19. The van der Waals surface area contributed by atoms with Gasteiger partial charge in [-0.15, -0.1) is 11.3 Å². The fraction of sp³-hybridized carbons (Fsp3) is 0.200. The molecule has 6 heteroatoms. The van der Waals surface area contributed by atoms with Gasteiger partial charge in [-0.05, 0) is 56.1 Å². The van der Waals surface area contributed by atoms with Crippen LogP contribution in [-0.4, -0.2) is 26.1 Å². The van der Waals surface area contributed by atoms with E-state index in [9.17, 15) is 0 Å². The summed E-state index contributed by atoms with van der Waals surface area (Å²) in [6.45, 7) is 0. The van der Waals surface area contributed by atoms with Gasteiger partial charge in [0, 0.05) is 21.1 Å². The summed E-state index contributed by atoms with van der Waals surface area (Å²) in [7, 11) is 5.87. The van der Waals surface area contributed by atoms with Crippen LogP contribution >= 0.6 is 43.2 Å². The summed E-state index contributed by atoms with van der Waals surface area (Å²) in [6.07, 6.45) is 0. The van der Waals surface area contributed by atoms with Gasteiger partial charge in [0.2, 0.25) is 0 Å². The van der Waals surface area contributed by atoms with Crippen molar-refractivity contribution in [3.63, 3.8) is 0 Å². The van der Waals surface area contributed by atoms with Gasteiger partial charge in [0.25, 0.3) is 0 Å². The maximum Gasteiger partial charge on any atom is 0.0822 e. The largest absolute Gasteiger partial charge is 0.377 e. The predicted octanol–water partition coefficient (Wildman–Crippen LogP) is 4.52. The van der Waals surface area contributed by atoms with E-state index >= 15 is 0 Å². The highest BCUT2D eigenvalue weighted by atomic mass is 79.9. The third kappa shape index (κ3) is 2.49. The normalized spacial score (nSPS) is 12.3. The highest BCUT2D eigenvalue weighted by Crippen LogP contribution is 2.40. The molecule has 0 fully saturated rings. The van der Waals surface area contributed by atoms with E-state index < -0.39 is 0 Å². The molecule has 2 aliphatic rings. The van der Waals surface area contributed by atoms with E-state index in [0.29, 0.717) is 0 Å². The van der Waals surface area contributed by atoms with Gasteiger partial charge in [0.05, 0.1) is 40.8 Å². The molecule has 0 radical (unpaired) electrons. The Hall–Kier alpha value is -0.980. The van der Waals surface area contributed by atoms with Gasteiger partial charge in [0.1, 0.15) is 0 Å². The van der Waals surface area contributed by atoms with Gasteiger partial charge in [-0.1, -0.05) is 0 Å². The van der Waals surface area contributed by atoms with Crippen LogP contribution in [0.2, 0.25) is 0 Å². The number of hydrogen-bond donors (Lipinski definition) is 0. The molecule has 21 heavy (non-hydrogen) atoms. The molecule has 1 aliphatic heterocycles. The van der Waals surface area contributed by atoms with Crippen molar-refractivity contribution in [2.75, 3.05) is 26.0 Å². The maximum atomic E-state index is 4.77. The monoisotopic (exact) mass is 425 g/mol. The smallest absolute Gasteiger partial charge is 0.0822 e. The lowest BCUT2D eigenvalue weighted by Gasteiger charge is -2.16. The van der Waals surface area contributed by atoms with Crippen molar-refractivity contribution in [1.29, 1.82) is 0 Å². The zero-order valence-corrected chi connectivity index (χ0v) is 15.8. The van der Waals surface area contributed by atoms with Crippen LogP contribution in [0, 0.1) is 0 Å². The molecule has 108 valence electrons. The Balaban J connectivity index is 2.44. The van der Waals surface area contributed by atoms with E-state index in [1.165, 1.54) is 0 Å². The Morgan fingerprint density at radius 3 is 2.52 bits per heavy atom. The maximum absolute atomic E-state index is 4.77. The lowest BCUT2D eigenvalue weighted by molar-refractivity contribution is 1.13. The Morgan fingerprint density at radius 2 is 1.86 bits per heavy atom. The first-order chi connectivity index (χ1) is 10.0. The summed E-state index contributed by atoms with van der Waals surface area (Å²) in [5, 5.41) is 0.944. The van der Waals surface area contributed by atoms with Crippen LogP contribution in [0.4, 0.5) is 5.69 Å². The summed E-state index contributed by atoms with van der Waals surface area (Å²) in [6, 6.07) is 8.16. The number of aromatic nitrogens is 1. The number of halogens is 2. The van der Waals surface area contributed by atoms with Crippen LogP contribution in [-0.2, 0) is 0 Å². The third-order valence-corrected chi connectivity index (χ3v) is 6.64. The summed E-state index contributed by atoms with van der Waals surface area (Å²) < 4.78 is 3.22. The molecule has 0 spiro atoms. The first-order valence-corrected chi connectivity index (χ1v) is 8.75. The molecule has 0 bridgehead atoms. The molecule has 1 aliphatic carbocycles. The van der Waals surface area contributed by atoms with Gasteiger partial charge in [-0.2, -0.15) is 0 Å². The van der Waals surface area contributed by atoms with E-state index in [1.54, 1.807) is 18.4 Å². The number of fused-ring (bicyclic) bond motifs is 2. The van der Waals surface area contributed by atoms with Gasteiger partial charge in [-0.25, -0.2) is 4.98 Å². The second-order valence-corrected chi connectivity index (χ2v) is 7.43. The summed E-state index contributed by atoms with van der Waals surface area (Å²) >= 11 is 9.09. The molecule has 0 saturated heterocycles. The van der Waals surface area contributed by atoms with Crippen LogP contribution in [0.15, 0.2) is 38.2 Å². The van der Waals surface area contributed by atoms with E-state index in [4.69, 9.17) is 4.98 Å². The third-order valence-electron chi connectivity index (χ3n) is 3.28. The van der Waals surface area contributed by atoms with Crippen LogP contribution in [0.1, 0.15) is 0 Å². The van der Waals surface area contributed by atoms with Crippen LogP contribution in [0.25, 0.3) is 20.8 Å². The first kappa shape index (κ1) is 14.9. The van der Waals surface area contributed by atoms with Crippen molar-refractivity contribution in [1.82, 2.24) is 4.98 Å². The highest BCUT2D eigenvalue weighted by molar-refractivity contribution is 9.11. The van der Waals surface area contributed by atoms with Crippen molar-refractivity contribution in [2.24, 2.45) is 4.99 Å². The Bertz CT molecular complexity index is 871. The molecule has 1 aromatic carbocycles. The molecule has 0 atom stereocenters. The summed E-state index contributed by atoms with van der Waals surface area (Å²) in [4.78, 5) is 12.2. The first-order valence-electron chi connectivity index (χ1n) is 6.34. The summed E-state index contributed by atoms with van der Waals surface area (Å²) in [5.41, 5.74) is 3.13. The van der Waals surface area contributed by atoms with E-state index in [-0.39, 0.29) is 0 Å². The highest BCUT2D eigenvalue weighted by Gasteiger charge is 2.15. The molecular formula is C15H13Br2N3S. The van der Waals surface area contributed by atoms with Gasteiger partial charge < -0.3 is 4.90 Å². The van der Waals surface area contributed by atoms with Crippen molar-refractivity contribution >= 4 is 59.1 Å². The molecule has 0 N–H and O–H groups in total.